The molecular formula is C10H11N3O4S. The number of nitro benzene ring substituents is 1. The first kappa shape index (κ1) is 14.1. The number of hydrogen-bond donors (Lipinski definition) is 1. The van der Waals surface area contributed by atoms with Crippen LogP contribution in [0.15, 0.2) is 29.2 Å². The molecule has 18 heavy (non-hydrogen) atoms. The van der Waals surface area contributed by atoms with Crippen molar-refractivity contribution in [1.82, 2.24) is 4.72 Å². The number of nitriles is 1. The van der Waals surface area contributed by atoms with Crippen LogP contribution in [0.4, 0.5) is 5.69 Å². The van der Waals surface area contributed by atoms with Crippen LogP contribution in [0.1, 0.15) is 13.3 Å². The average molecular weight is 269 g/mol. The van der Waals surface area contributed by atoms with Crippen LogP contribution >= 0.6 is 0 Å². The highest BCUT2D eigenvalue weighted by Crippen LogP contribution is 2.16. The zero-order chi connectivity index (χ0) is 13.8. The van der Waals surface area contributed by atoms with Crippen molar-refractivity contribution in [2.75, 3.05) is 0 Å². The summed E-state index contributed by atoms with van der Waals surface area (Å²) in [5, 5.41) is 19.1. The molecule has 0 saturated heterocycles. The van der Waals surface area contributed by atoms with Crippen molar-refractivity contribution >= 4 is 15.7 Å². The van der Waals surface area contributed by atoms with Crippen LogP contribution in [-0.2, 0) is 10.0 Å². The number of nitrogens with one attached hydrogen (secondary N) is 1. The lowest BCUT2D eigenvalue weighted by atomic mass is 10.3. The van der Waals surface area contributed by atoms with Crippen LogP contribution < -0.4 is 4.72 Å². The van der Waals surface area contributed by atoms with Crippen molar-refractivity contribution in [3.8, 4) is 6.07 Å². The second kappa shape index (κ2) is 5.57. The van der Waals surface area contributed by atoms with Crippen molar-refractivity contribution in [2.45, 2.75) is 24.3 Å². The first-order valence-corrected chi connectivity index (χ1v) is 6.55. The standard InChI is InChI=1S/C10H11N3O4S/c1-2-8(7-11)12-18(16,17)10-5-3-9(4-6-10)13(14)15/h3-6,8,12H,2H2,1H3. The molecule has 1 aromatic rings. The number of nitrogens with zero attached hydrogens (tertiary/aromatic N) is 2. The fourth-order valence-electron chi connectivity index (χ4n) is 1.20. The van der Waals surface area contributed by atoms with E-state index >= 15 is 0 Å². The Kier molecular flexibility index (Phi) is 4.36. The minimum atomic E-state index is -3.82. The number of nitro groups is 1. The van der Waals surface area contributed by atoms with E-state index in [9.17, 15) is 18.5 Å². The van der Waals surface area contributed by atoms with Gasteiger partial charge in [-0.15, -0.1) is 0 Å². The Morgan fingerprint density at radius 2 is 2.00 bits per heavy atom. The van der Waals surface area contributed by atoms with E-state index in [2.05, 4.69) is 4.72 Å². The Morgan fingerprint density at radius 3 is 2.39 bits per heavy atom. The van der Waals surface area contributed by atoms with Crippen LogP contribution in [0, 0.1) is 21.4 Å². The summed E-state index contributed by atoms with van der Waals surface area (Å²) < 4.78 is 25.8. The molecule has 7 nitrogen and oxygen atoms in total. The van der Waals surface area contributed by atoms with E-state index < -0.39 is 21.0 Å². The summed E-state index contributed by atoms with van der Waals surface area (Å²) in [5.41, 5.74) is -0.193. The molecule has 0 bridgehead atoms. The molecule has 0 heterocycles. The maximum atomic E-state index is 11.8. The lowest BCUT2D eigenvalue weighted by Gasteiger charge is -2.09. The molecule has 0 aromatic heterocycles. The quantitative estimate of drug-likeness (QED) is 0.636. The van der Waals surface area contributed by atoms with Crippen molar-refractivity contribution in [3.05, 3.63) is 34.4 Å². The molecule has 96 valence electrons. The Balaban J connectivity index is 2.99. The van der Waals surface area contributed by atoms with Crippen molar-refractivity contribution in [2.24, 2.45) is 0 Å². The van der Waals surface area contributed by atoms with Gasteiger partial charge in [-0.25, -0.2) is 8.42 Å². The summed E-state index contributed by atoms with van der Waals surface area (Å²) in [4.78, 5) is 9.70. The summed E-state index contributed by atoms with van der Waals surface area (Å²) in [6, 6.07) is 5.45. The van der Waals surface area contributed by atoms with E-state index in [4.69, 9.17) is 5.26 Å². The second-order valence-electron chi connectivity index (χ2n) is 3.46. The highest BCUT2D eigenvalue weighted by atomic mass is 32.2. The van der Waals surface area contributed by atoms with E-state index in [1.807, 2.05) is 6.07 Å². The van der Waals surface area contributed by atoms with Gasteiger partial charge in [0.2, 0.25) is 10.0 Å². The highest BCUT2D eigenvalue weighted by Gasteiger charge is 2.19. The Morgan fingerprint density at radius 1 is 1.44 bits per heavy atom. The molecule has 1 aromatic carbocycles. The van der Waals surface area contributed by atoms with Gasteiger partial charge < -0.3 is 0 Å². The van der Waals surface area contributed by atoms with Gasteiger partial charge in [0.1, 0.15) is 6.04 Å². The SMILES string of the molecule is CCC(C#N)NS(=O)(=O)c1ccc([N+](=O)[O-])cc1. The number of hydrogen-bond acceptors (Lipinski definition) is 5. The van der Waals surface area contributed by atoms with Gasteiger partial charge in [-0.3, -0.25) is 10.1 Å². The van der Waals surface area contributed by atoms with Gasteiger partial charge in [-0.05, 0) is 18.6 Å². The number of rotatable bonds is 5. The normalized spacial score (nSPS) is 12.7. The van der Waals surface area contributed by atoms with Crippen LogP contribution in [0.25, 0.3) is 0 Å². The second-order valence-corrected chi connectivity index (χ2v) is 5.18. The lowest BCUT2D eigenvalue weighted by Crippen LogP contribution is -2.33. The molecule has 0 spiro atoms. The van der Waals surface area contributed by atoms with E-state index in [0.717, 1.165) is 24.3 Å². The predicted octanol–water partition coefficient (Wildman–Crippen LogP) is 1.18. The summed E-state index contributed by atoms with van der Waals surface area (Å²) in [5.74, 6) is 0. The largest absolute Gasteiger partial charge is 0.269 e. The van der Waals surface area contributed by atoms with Gasteiger partial charge in [0.05, 0.1) is 15.9 Å². The maximum Gasteiger partial charge on any atom is 0.269 e. The molecule has 0 aliphatic heterocycles. The molecule has 0 amide bonds. The molecule has 0 radical (unpaired) electrons. The molecule has 0 fully saturated rings. The van der Waals surface area contributed by atoms with E-state index in [-0.39, 0.29) is 10.6 Å². The Hall–Kier alpha value is -1.98. The third-order valence-electron chi connectivity index (χ3n) is 2.22. The molecule has 1 unspecified atom stereocenters. The molecule has 0 saturated carbocycles. The monoisotopic (exact) mass is 269 g/mol. The minimum Gasteiger partial charge on any atom is -0.258 e. The molecule has 0 aliphatic carbocycles. The van der Waals surface area contributed by atoms with Crippen molar-refractivity contribution in [1.29, 1.82) is 5.26 Å². The molecule has 8 heteroatoms. The first-order chi connectivity index (χ1) is 8.40. The molecule has 1 N–H and O–H groups in total. The summed E-state index contributed by atoms with van der Waals surface area (Å²) in [6.45, 7) is 1.67. The van der Waals surface area contributed by atoms with E-state index in [1.165, 1.54) is 0 Å². The highest BCUT2D eigenvalue weighted by molar-refractivity contribution is 7.89. The summed E-state index contributed by atoms with van der Waals surface area (Å²) in [7, 11) is -3.82. The number of benzene rings is 1. The minimum absolute atomic E-state index is 0.109. The Labute approximate surface area is 104 Å². The fraction of sp³-hybridized carbons (Fsp3) is 0.300. The number of non-ortho nitro benzene ring substituents is 1. The van der Waals surface area contributed by atoms with Crippen LogP contribution in [0.2, 0.25) is 0 Å². The smallest absolute Gasteiger partial charge is 0.258 e. The zero-order valence-corrected chi connectivity index (χ0v) is 10.3. The number of sulfonamides is 1. The lowest BCUT2D eigenvalue weighted by molar-refractivity contribution is -0.384. The third-order valence-corrected chi connectivity index (χ3v) is 3.71. The molecule has 1 atom stereocenters. The average Bonchev–Trinajstić information content (AvgIpc) is 2.36. The van der Waals surface area contributed by atoms with Gasteiger partial charge in [-0.2, -0.15) is 9.98 Å². The summed E-state index contributed by atoms with van der Waals surface area (Å²) in [6.07, 6.45) is 0.336. The zero-order valence-electron chi connectivity index (χ0n) is 9.53. The maximum absolute atomic E-state index is 11.8. The van der Waals surface area contributed by atoms with E-state index in [0.29, 0.717) is 6.42 Å². The first-order valence-electron chi connectivity index (χ1n) is 5.07. The topological polar surface area (TPSA) is 113 Å². The van der Waals surface area contributed by atoms with Gasteiger partial charge in [-0.1, -0.05) is 6.92 Å². The van der Waals surface area contributed by atoms with Crippen LogP contribution in [-0.4, -0.2) is 19.4 Å². The molecule has 1 rings (SSSR count). The third kappa shape index (κ3) is 3.26. The van der Waals surface area contributed by atoms with Crippen molar-refractivity contribution in [3.63, 3.8) is 0 Å². The van der Waals surface area contributed by atoms with Gasteiger partial charge in [0.15, 0.2) is 0 Å². The van der Waals surface area contributed by atoms with Gasteiger partial charge in [0.25, 0.3) is 5.69 Å². The summed E-state index contributed by atoms with van der Waals surface area (Å²) >= 11 is 0. The fourth-order valence-corrected chi connectivity index (χ4v) is 2.43. The van der Waals surface area contributed by atoms with Crippen LogP contribution in [0.3, 0.4) is 0 Å². The Bertz CT molecular complexity index is 574. The van der Waals surface area contributed by atoms with E-state index in [1.54, 1.807) is 6.92 Å². The predicted molar refractivity (Wildman–Crippen MR) is 63.1 cm³/mol. The van der Waals surface area contributed by atoms with Crippen LogP contribution in [0.5, 0.6) is 0 Å². The molecular weight excluding hydrogens is 258 g/mol. The van der Waals surface area contributed by atoms with Gasteiger partial charge >= 0.3 is 0 Å². The van der Waals surface area contributed by atoms with Crippen molar-refractivity contribution < 1.29 is 13.3 Å². The molecule has 0 aliphatic rings. The van der Waals surface area contributed by atoms with Gasteiger partial charge in [0, 0.05) is 12.1 Å².